The maximum atomic E-state index is 11.4. The molecular weight excluding hydrogens is 240 g/mol. The molecule has 1 unspecified atom stereocenters. The lowest BCUT2D eigenvalue weighted by molar-refractivity contribution is -0.141. The highest BCUT2D eigenvalue weighted by Gasteiger charge is 2.19. The van der Waals surface area contributed by atoms with Crippen LogP contribution in [0.4, 0.5) is 0 Å². The van der Waals surface area contributed by atoms with Crippen LogP contribution in [-0.2, 0) is 24.2 Å². The summed E-state index contributed by atoms with van der Waals surface area (Å²) in [4.78, 5) is 11.4. The van der Waals surface area contributed by atoms with Crippen LogP contribution >= 0.6 is 0 Å². The number of aryl methyl sites for hydroxylation is 1. The van der Waals surface area contributed by atoms with Crippen molar-refractivity contribution in [3.05, 3.63) is 53.9 Å². The number of carbonyl (C=O) groups is 1. The number of carboxylic acids is 1. The highest BCUT2D eigenvalue weighted by molar-refractivity contribution is 5.70. The summed E-state index contributed by atoms with van der Waals surface area (Å²) in [7, 11) is 0. The Balaban J connectivity index is 2.06. The summed E-state index contributed by atoms with van der Waals surface area (Å²) in [6.45, 7) is 2.81. The van der Waals surface area contributed by atoms with Gasteiger partial charge in [0.05, 0.1) is 12.1 Å². The summed E-state index contributed by atoms with van der Waals surface area (Å²) in [5.74, 6) is -1.16. The number of aromatic nitrogens is 2. The van der Waals surface area contributed by atoms with Gasteiger partial charge in [0.1, 0.15) is 0 Å². The van der Waals surface area contributed by atoms with Crippen molar-refractivity contribution in [3.8, 4) is 0 Å². The molecule has 1 aromatic heterocycles. The van der Waals surface area contributed by atoms with Gasteiger partial charge in [0.2, 0.25) is 0 Å². The van der Waals surface area contributed by atoms with E-state index in [1.54, 1.807) is 6.20 Å². The van der Waals surface area contributed by atoms with Crippen molar-refractivity contribution in [2.24, 2.45) is 5.92 Å². The summed E-state index contributed by atoms with van der Waals surface area (Å²) in [5.41, 5.74) is 2.03. The van der Waals surface area contributed by atoms with Crippen LogP contribution in [-0.4, -0.2) is 20.9 Å². The van der Waals surface area contributed by atoms with E-state index in [9.17, 15) is 9.90 Å². The molecule has 4 nitrogen and oxygen atoms in total. The average molecular weight is 258 g/mol. The maximum absolute atomic E-state index is 11.4. The van der Waals surface area contributed by atoms with Crippen LogP contribution in [0.15, 0.2) is 42.7 Å². The molecule has 0 spiro atoms. The highest BCUT2D eigenvalue weighted by atomic mass is 16.4. The molecule has 100 valence electrons. The number of nitrogens with zero attached hydrogens (tertiary/aromatic N) is 2. The molecule has 0 bridgehead atoms. The molecule has 1 heterocycles. The number of hydrogen-bond donors (Lipinski definition) is 1. The Labute approximate surface area is 112 Å². The molecule has 19 heavy (non-hydrogen) atoms. The Morgan fingerprint density at radius 1 is 1.26 bits per heavy atom. The van der Waals surface area contributed by atoms with E-state index in [0.29, 0.717) is 12.8 Å². The van der Waals surface area contributed by atoms with Gasteiger partial charge in [-0.3, -0.25) is 9.48 Å². The molecule has 0 radical (unpaired) electrons. The third-order valence-electron chi connectivity index (χ3n) is 3.17. The van der Waals surface area contributed by atoms with E-state index >= 15 is 0 Å². The molecule has 0 aliphatic carbocycles. The normalized spacial score (nSPS) is 12.3. The van der Waals surface area contributed by atoms with Crippen molar-refractivity contribution in [2.75, 3.05) is 0 Å². The lowest BCUT2D eigenvalue weighted by Gasteiger charge is -2.11. The SMILES string of the molecule is CCn1cc(CC(Cc2ccccc2)C(=O)O)cn1. The molecule has 4 heteroatoms. The first-order chi connectivity index (χ1) is 9.19. The fourth-order valence-corrected chi connectivity index (χ4v) is 2.11. The quantitative estimate of drug-likeness (QED) is 0.865. The van der Waals surface area contributed by atoms with E-state index in [1.165, 1.54) is 0 Å². The first kappa shape index (κ1) is 13.3. The van der Waals surface area contributed by atoms with E-state index in [0.717, 1.165) is 17.7 Å². The van der Waals surface area contributed by atoms with Crippen molar-refractivity contribution in [1.82, 2.24) is 9.78 Å². The van der Waals surface area contributed by atoms with Crippen LogP contribution in [0.1, 0.15) is 18.1 Å². The molecule has 0 fully saturated rings. The number of rotatable bonds is 6. The van der Waals surface area contributed by atoms with E-state index in [-0.39, 0.29) is 0 Å². The molecule has 1 aromatic carbocycles. The fraction of sp³-hybridized carbons (Fsp3) is 0.333. The second-order valence-electron chi connectivity index (χ2n) is 4.63. The van der Waals surface area contributed by atoms with Crippen LogP contribution in [0.2, 0.25) is 0 Å². The number of benzene rings is 1. The van der Waals surface area contributed by atoms with Crippen LogP contribution < -0.4 is 0 Å². The lowest BCUT2D eigenvalue weighted by Crippen LogP contribution is -2.19. The number of hydrogen-bond acceptors (Lipinski definition) is 2. The Hall–Kier alpha value is -2.10. The van der Waals surface area contributed by atoms with E-state index in [2.05, 4.69) is 5.10 Å². The third kappa shape index (κ3) is 3.68. The summed E-state index contributed by atoms with van der Waals surface area (Å²) in [6.07, 6.45) is 4.74. The summed E-state index contributed by atoms with van der Waals surface area (Å²) in [6, 6.07) is 9.73. The predicted molar refractivity (Wildman–Crippen MR) is 72.9 cm³/mol. The molecule has 0 saturated carbocycles. The van der Waals surface area contributed by atoms with Crippen molar-refractivity contribution in [1.29, 1.82) is 0 Å². The summed E-state index contributed by atoms with van der Waals surface area (Å²) >= 11 is 0. The molecule has 1 atom stereocenters. The minimum absolute atomic E-state index is 0.406. The fourth-order valence-electron chi connectivity index (χ4n) is 2.11. The van der Waals surface area contributed by atoms with Crippen molar-refractivity contribution < 1.29 is 9.90 Å². The molecule has 2 aromatic rings. The smallest absolute Gasteiger partial charge is 0.307 e. The van der Waals surface area contributed by atoms with Gasteiger partial charge in [-0.1, -0.05) is 30.3 Å². The first-order valence-electron chi connectivity index (χ1n) is 6.47. The lowest BCUT2D eigenvalue weighted by atomic mass is 9.94. The Morgan fingerprint density at radius 3 is 2.53 bits per heavy atom. The first-order valence-corrected chi connectivity index (χ1v) is 6.47. The largest absolute Gasteiger partial charge is 0.481 e. The second-order valence-corrected chi connectivity index (χ2v) is 4.63. The second kappa shape index (κ2) is 6.18. The van der Waals surface area contributed by atoms with E-state index < -0.39 is 11.9 Å². The van der Waals surface area contributed by atoms with Gasteiger partial charge >= 0.3 is 5.97 Å². The minimum Gasteiger partial charge on any atom is -0.481 e. The molecule has 0 aliphatic rings. The Kier molecular flexibility index (Phi) is 4.34. The zero-order valence-corrected chi connectivity index (χ0v) is 11.0. The zero-order valence-electron chi connectivity index (χ0n) is 11.0. The van der Waals surface area contributed by atoms with Gasteiger partial charge in [-0.2, -0.15) is 5.10 Å². The van der Waals surface area contributed by atoms with Crippen LogP contribution in [0.25, 0.3) is 0 Å². The van der Waals surface area contributed by atoms with Gasteiger partial charge < -0.3 is 5.11 Å². The molecule has 0 saturated heterocycles. The van der Waals surface area contributed by atoms with Crippen LogP contribution in [0.3, 0.4) is 0 Å². The van der Waals surface area contributed by atoms with Gasteiger partial charge in [0.15, 0.2) is 0 Å². The summed E-state index contributed by atoms with van der Waals surface area (Å²) in [5, 5.41) is 13.5. The Bertz CT molecular complexity index is 534. The van der Waals surface area contributed by atoms with Crippen molar-refractivity contribution >= 4 is 5.97 Å². The van der Waals surface area contributed by atoms with Crippen LogP contribution in [0, 0.1) is 5.92 Å². The highest BCUT2D eigenvalue weighted by Crippen LogP contribution is 2.15. The standard InChI is InChI=1S/C15H18N2O2/c1-2-17-11-13(10-16-17)9-14(15(18)19)8-12-6-4-3-5-7-12/h3-7,10-11,14H,2,8-9H2,1H3,(H,18,19). The summed E-state index contributed by atoms with van der Waals surface area (Å²) < 4.78 is 1.82. The van der Waals surface area contributed by atoms with Gasteiger partial charge in [0.25, 0.3) is 0 Å². The molecular formula is C15H18N2O2. The maximum Gasteiger partial charge on any atom is 0.307 e. The third-order valence-corrected chi connectivity index (χ3v) is 3.17. The van der Waals surface area contributed by atoms with Gasteiger partial charge in [0, 0.05) is 12.7 Å². The van der Waals surface area contributed by atoms with Gasteiger partial charge in [-0.05, 0) is 30.9 Å². The van der Waals surface area contributed by atoms with E-state index in [1.807, 2.05) is 48.1 Å². The minimum atomic E-state index is -0.756. The molecule has 0 aliphatic heterocycles. The number of carboxylic acid groups (broad SMARTS) is 1. The molecule has 2 rings (SSSR count). The van der Waals surface area contributed by atoms with Crippen LogP contribution in [0.5, 0.6) is 0 Å². The zero-order chi connectivity index (χ0) is 13.7. The monoisotopic (exact) mass is 258 g/mol. The van der Waals surface area contributed by atoms with Crippen molar-refractivity contribution in [2.45, 2.75) is 26.3 Å². The van der Waals surface area contributed by atoms with Gasteiger partial charge in [-0.25, -0.2) is 0 Å². The topological polar surface area (TPSA) is 55.1 Å². The predicted octanol–water partition coefficient (Wildman–Crippen LogP) is 2.39. The number of aliphatic carboxylic acids is 1. The Morgan fingerprint density at radius 2 is 1.95 bits per heavy atom. The van der Waals surface area contributed by atoms with E-state index in [4.69, 9.17) is 0 Å². The molecule has 0 amide bonds. The van der Waals surface area contributed by atoms with Gasteiger partial charge in [-0.15, -0.1) is 0 Å². The molecule has 1 N–H and O–H groups in total. The average Bonchev–Trinajstić information content (AvgIpc) is 2.87. The van der Waals surface area contributed by atoms with Crippen molar-refractivity contribution in [3.63, 3.8) is 0 Å².